The molecule has 1 aliphatic rings. The summed E-state index contributed by atoms with van der Waals surface area (Å²) in [6.07, 6.45) is 1.85. The van der Waals surface area contributed by atoms with Gasteiger partial charge in [0.1, 0.15) is 0 Å². The molecule has 2 rings (SSSR count). The lowest BCUT2D eigenvalue weighted by atomic mass is 10.2. The van der Waals surface area contributed by atoms with Crippen LogP contribution in [0.4, 0.5) is 4.79 Å². The van der Waals surface area contributed by atoms with Crippen LogP contribution in [-0.4, -0.2) is 38.3 Å². The van der Waals surface area contributed by atoms with Crippen LogP contribution in [0.2, 0.25) is 10.0 Å². The van der Waals surface area contributed by atoms with Crippen LogP contribution in [0.25, 0.3) is 0 Å². The van der Waals surface area contributed by atoms with E-state index in [1.807, 2.05) is 6.07 Å². The van der Waals surface area contributed by atoms with Crippen molar-refractivity contribution in [2.45, 2.75) is 32.4 Å². The molecule has 3 N–H and O–H groups in total. The number of hydrogen-bond donors (Lipinski definition) is 3. The van der Waals surface area contributed by atoms with Crippen LogP contribution >= 0.6 is 23.2 Å². The summed E-state index contributed by atoms with van der Waals surface area (Å²) >= 11 is 12.1. The Bertz CT molecular complexity index is 621. The molecule has 1 saturated carbocycles. The molecular weight excluding hydrogens is 363 g/mol. The average Bonchev–Trinajstić information content (AvgIpc) is 3.40. The number of ether oxygens (including phenoxy) is 1. The summed E-state index contributed by atoms with van der Waals surface area (Å²) < 4.78 is 4.96. The van der Waals surface area contributed by atoms with Crippen LogP contribution in [0, 0.1) is 5.92 Å². The molecule has 1 aromatic carbocycles. The second kappa shape index (κ2) is 9.73. The Balaban J connectivity index is 1.83. The first-order valence-corrected chi connectivity index (χ1v) is 9.10. The fourth-order valence-electron chi connectivity index (χ4n) is 2.43. The van der Waals surface area contributed by atoms with Crippen molar-refractivity contribution in [3.63, 3.8) is 0 Å². The molecule has 1 amide bonds. The van der Waals surface area contributed by atoms with E-state index in [2.05, 4.69) is 20.9 Å². The van der Waals surface area contributed by atoms with E-state index >= 15 is 0 Å². The molecule has 1 fully saturated rings. The van der Waals surface area contributed by atoms with Gasteiger partial charge in [0.05, 0.1) is 12.6 Å². The number of aliphatic imine (C=N–C) groups is 1. The third-order valence-electron chi connectivity index (χ3n) is 3.94. The lowest BCUT2D eigenvalue weighted by Crippen LogP contribution is -2.48. The predicted octanol–water partition coefficient (Wildman–Crippen LogP) is 3.18. The first kappa shape index (κ1) is 19.7. The van der Waals surface area contributed by atoms with Gasteiger partial charge in [-0.1, -0.05) is 29.3 Å². The Morgan fingerprint density at radius 3 is 2.72 bits per heavy atom. The van der Waals surface area contributed by atoms with Crippen LogP contribution in [-0.2, 0) is 11.3 Å². The number of hydrogen-bond acceptors (Lipinski definition) is 3. The first-order chi connectivity index (χ1) is 12.0. The van der Waals surface area contributed by atoms with Crippen LogP contribution < -0.4 is 16.0 Å². The summed E-state index contributed by atoms with van der Waals surface area (Å²) in [7, 11) is 1.70. The Morgan fingerprint density at radius 1 is 1.36 bits per heavy atom. The molecule has 8 heteroatoms. The smallest absolute Gasteiger partial charge is 0.407 e. The molecule has 1 aliphatic carbocycles. The molecule has 0 radical (unpaired) electrons. The molecular formula is C17H24Cl2N4O2. The van der Waals surface area contributed by atoms with Crippen molar-refractivity contribution in [3.8, 4) is 0 Å². The maximum absolute atomic E-state index is 11.6. The standard InChI is InChI=1S/C17H24Cl2N4O2/c1-3-25-17(24)23-15(11-4-5-11)10-22-16(20-2)21-9-12-6-7-13(18)8-14(12)19/h6-8,11,15H,3-5,9-10H2,1-2H3,(H,23,24)(H2,20,21,22). The summed E-state index contributed by atoms with van der Waals surface area (Å²) in [5.41, 5.74) is 0.928. The number of nitrogens with zero attached hydrogens (tertiary/aromatic N) is 1. The molecule has 6 nitrogen and oxygen atoms in total. The zero-order valence-electron chi connectivity index (χ0n) is 14.4. The SMILES string of the molecule is CCOC(=O)NC(CNC(=NC)NCc1ccc(Cl)cc1Cl)C1CC1. The minimum Gasteiger partial charge on any atom is -0.450 e. The van der Waals surface area contributed by atoms with Crippen molar-refractivity contribution in [1.82, 2.24) is 16.0 Å². The zero-order valence-corrected chi connectivity index (χ0v) is 16.0. The second-order valence-electron chi connectivity index (χ2n) is 5.85. The van der Waals surface area contributed by atoms with Gasteiger partial charge >= 0.3 is 6.09 Å². The van der Waals surface area contributed by atoms with Crippen LogP contribution in [0.15, 0.2) is 23.2 Å². The highest BCUT2D eigenvalue weighted by Crippen LogP contribution is 2.32. The van der Waals surface area contributed by atoms with Gasteiger partial charge in [0.15, 0.2) is 5.96 Å². The lowest BCUT2D eigenvalue weighted by molar-refractivity contribution is 0.146. The second-order valence-corrected chi connectivity index (χ2v) is 6.69. The highest BCUT2D eigenvalue weighted by atomic mass is 35.5. The van der Waals surface area contributed by atoms with E-state index in [1.54, 1.807) is 26.1 Å². The molecule has 0 heterocycles. The van der Waals surface area contributed by atoms with E-state index < -0.39 is 0 Å². The van der Waals surface area contributed by atoms with E-state index in [1.165, 1.54) is 0 Å². The van der Waals surface area contributed by atoms with E-state index in [0.29, 0.717) is 41.6 Å². The number of carbonyl (C=O) groups excluding carboxylic acids is 1. The molecule has 1 aromatic rings. The van der Waals surface area contributed by atoms with Crippen LogP contribution in [0.1, 0.15) is 25.3 Å². The number of amides is 1. The van der Waals surface area contributed by atoms with Gasteiger partial charge in [0.25, 0.3) is 0 Å². The molecule has 0 spiro atoms. The lowest BCUT2D eigenvalue weighted by Gasteiger charge is -2.20. The third kappa shape index (κ3) is 6.63. The molecule has 1 atom stereocenters. The van der Waals surface area contributed by atoms with Crippen molar-refractivity contribution >= 4 is 35.3 Å². The quantitative estimate of drug-likeness (QED) is 0.496. The fraction of sp³-hybridized carbons (Fsp3) is 0.529. The summed E-state index contributed by atoms with van der Waals surface area (Å²) in [5.74, 6) is 1.13. The Kier molecular flexibility index (Phi) is 7.65. The third-order valence-corrected chi connectivity index (χ3v) is 4.53. The van der Waals surface area contributed by atoms with E-state index in [4.69, 9.17) is 27.9 Å². The Labute approximate surface area is 158 Å². The number of benzene rings is 1. The first-order valence-electron chi connectivity index (χ1n) is 8.35. The van der Waals surface area contributed by atoms with Crippen molar-refractivity contribution in [1.29, 1.82) is 0 Å². The summed E-state index contributed by atoms with van der Waals surface area (Å²) in [4.78, 5) is 15.8. The molecule has 25 heavy (non-hydrogen) atoms. The Hall–Kier alpha value is -1.66. The van der Waals surface area contributed by atoms with E-state index in [0.717, 1.165) is 18.4 Å². The number of nitrogens with one attached hydrogen (secondary N) is 3. The monoisotopic (exact) mass is 386 g/mol. The highest BCUT2D eigenvalue weighted by molar-refractivity contribution is 6.35. The van der Waals surface area contributed by atoms with Gasteiger partial charge in [-0.05, 0) is 43.4 Å². The van der Waals surface area contributed by atoms with Crippen LogP contribution in [0.3, 0.4) is 0 Å². The van der Waals surface area contributed by atoms with Crippen molar-refractivity contribution < 1.29 is 9.53 Å². The van der Waals surface area contributed by atoms with Crippen LogP contribution in [0.5, 0.6) is 0 Å². The van der Waals surface area contributed by atoms with Gasteiger partial charge in [0.2, 0.25) is 0 Å². The molecule has 0 saturated heterocycles. The average molecular weight is 387 g/mol. The van der Waals surface area contributed by atoms with Gasteiger partial charge in [-0.3, -0.25) is 4.99 Å². The number of rotatable bonds is 7. The minimum absolute atomic E-state index is 0.0247. The topological polar surface area (TPSA) is 74.8 Å². The number of carbonyl (C=O) groups is 1. The van der Waals surface area contributed by atoms with Crippen molar-refractivity contribution in [2.24, 2.45) is 10.9 Å². The zero-order chi connectivity index (χ0) is 18.2. The fourth-order valence-corrected chi connectivity index (χ4v) is 2.90. The number of alkyl carbamates (subject to hydrolysis) is 1. The number of halogens is 2. The van der Waals surface area contributed by atoms with Gasteiger partial charge in [-0.15, -0.1) is 0 Å². The predicted molar refractivity (Wildman–Crippen MR) is 101 cm³/mol. The molecule has 1 unspecified atom stereocenters. The highest BCUT2D eigenvalue weighted by Gasteiger charge is 2.32. The summed E-state index contributed by atoms with van der Waals surface area (Å²) in [6.45, 7) is 3.26. The molecule has 0 bridgehead atoms. The van der Waals surface area contributed by atoms with Gasteiger partial charge in [0, 0.05) is 30.2 Å². The maximum atomic E-state index is 11.6. The van der Waals surface area contributed by atoms with Crippen molar-refractivity contribution in [3.05, 3.63) is 33.8 Å². The van der Waals surface area contributed by atoms with Crippen molar-refractivity contribution in [2.75, 3.05) is 20.2 Å². The minimum atomic E-state index is -0.378. The van der Waals surface area contributed by atoms with E-state index in [-0.39, 0.29) is 12.1 Å². The largest absolute Gasteiger partial charge is 0.450 e. The normalized spacial score (nSPS) is 15.4. The molecule has 0 aliphatic heterocycles. The van der Waals surface area contributed by atoms with Gasteiger partial charge in [-0.2, -0.15) is 0 Å². The molecule has 0 aromatic heterocycles. The molecule has 138 valence electrons. The maximum Gasteiger partial charge on any atom is 0.407 e. The number of guanidine groups is 1. The summed E-state index contributed by atoms with van der Waals surface area (Å²) in [6, 6.07) is 5.41. The summed E-state index contributed by atoms with van der Waals surface area (Å²) in [5, 5.41) is 10.6. The van der Waals surface area contributed by atoms with E-state index in [9.17, 15) is 4.79 Å². The van der Waals surface area contributed by atoms with Gasteiger partial charge < -0.3 is 20.7 Å². The van der Waals surface area contributed by atoms with Gasteiger partial charge in [-0.25, -0.2) is 4.79 Å². The Morgan fingerprint density at radius 2 is 2.12 bits per heavy atom.